The largest absolute Gasteiger partial charge is 0.343 e. The van der Waals surface area contributed by atoms with Crippen LogP contribution in [0.1, 0.15) is 31.1 Å². The van der Waals surface area contributed by atoms with Crippen LogP contribution in [-0.4, -0.2) is 42.1 Å². The molecule has 1 heterocycles. The average Bonchev–Trinajstić information content (AvgIpc) is 3.26. The molecule has 0 radical (unpaired) electrons. The molecule has 0 aliphatic heterocycles. The monoisotopic (exact) mass is 489 g/mol. The van der Waals surface area contributed by atoms with Crippen LogP contribution in [0.15, 0.2) is 65.8 Å². The minimum absolute atomic E-state index is 0.0143. The Morgan fingerprint density at radius 2 is 1.79 bits per heavy atom. The molecule has 0 saturated carbocycles. The Hall–Kier alpha value is -3.21. The highest BCUT2D eigenvalue weighted by Gasteiger charge is 2.25. The summed E-state index contributed by atoms with van der Waals surface area (Å²) in [7, 11) is -3.94. The van der Waals surface area contributed by atoms with Crippen LogP contribution in [0.4, 0.5) is 5.69 Å². The lowest BCUT2D eigenvalue weighted by Crippen LogP contribution is -2.40. The Balaban J connectivity index is 1.62. The fourth-order valence-corrected chi connectivity index (χ4v) is 4.84. The molecule has 0 aliphatic carbocycles. The standard InChI is InChI=1S/C22H24ClN5O4S/c1-22(2,3)27-33(31,32)19-13-15(5-10-18(19)23)21(30)24-14-20(29)26-16-6-8-17(9-7-16)28-12-4-11-25-28/h4-13,27H,14H2,1-3H3,(H,24,30)(H,26,29). The van der Waals surface area contributed by atoms with Crippen LogP contribution in [0.5, 0.6) is 0 Å². The number of carbonyl (C=O) groups is 2. The third-order valence-electron chi connectivity index (χ3n) is 4.25. The Kier molecular flexibility index (Phi) is 7.21. The van der Waals surface area contributed by atoms with Crippen molar-refractivity contribution in [3.05, 3.63) is 71.5 Å². The maximum Gasteiger partial charge on any atom is 0.251 e. The molecule has 0 aliphatic rings. The summed E-state index contributed by atoms with van der Waals surface area (Å²) < 4.78 is 29.4. The number of carbonyl (C=O) groups excluding carboxylic acids is 2. The van der Waals surface area contributed by atoms with Gasteiger partial charge in [0.25, 0.3) is 5.91 Å². The highest BCUT2D eigenvalue weighted by Crippen LogP contribution is 2.24. The second kappa shape index (κ2) is 9.74. The lowest BCUT2D eigenvalue weighted by Gasteiger charge is -2.21. The zero-order chi connectivity index (χ0) is 24.2. The lowest BCUT2D eigenvalue weighted by molar-refractivity contribution is -0.115. The smallest absolute Gasteiger partial charge is 0.251 e. The zero-order valence-corrected chi connectivity index (χ0v) is 19.9. The summed E-state index contributed by atoms with van der Waals surface area (Å²) in [4.78, 5) is 24.5. The SMILES string of the molecule is CC(C)(C)NS(=O)(=O)c1cc(C(=O)NCC(=O)Nc2ccc(-n3cccn3)cc2)ccc1Cl. The number of aromatic nitrogens is 2. The second-order valence-corrected chi connectivity index (χ2v) is 10.3. The van der Waals surface area contributed by atoms with Gasteiger partial charge in [-0.2, -0.15) is 5.10 Å². The molecule has 0 saturated heterocycles. The van der Waals surface area contributed by atoms with Gasteiger partial charge < -0.3 is 10.6 Å². The molecule has 3 aromatic rings. The maximum absolute atomic E-state index is 12.6. The maximum atomic E-state index is 12.6. The summed E-state index contributed by atoms with van der Waals surface area (Å²) in [5.74, 6) is -1.05. The highest BCUT2D eigenvalue weighted by molar-refractivity contribution is 7.89. The molecule has 0 bridgehead atoms. The van der Waals surface area contributed by atoms with E-state index in [1.807, 2.05) is 0 Å². The Bertz CT molecular complexity index is 1250. The molecule has 11 heteroatoms. The van der Waals surface area contributed by atoms with Crippen LogP contribution in [-0.2, 0) is 14.8 Å². The third-order valence-corrected chi connectivity index (χ3v) is 6.49. The molecule has 9 nitrogen and oxygen atoms in total. The number of benzene rings is 2. The predicted molar refractivity (Wildman–Crippen MR) is 126 cm³/mol. The van der Waals surface area contributed by atoms with Crippen LogP contribution in [0.3, 0.4) is 0 Å². The van der Waals surface area contributed by atoms with Crippen LogP contribution in [0.2, 0.25) is 5.02 Å². The van der Waals surface area contributed by atoms with Crippen molar-refractivity contribution in [2.45, 2.75) is 31.2 Å². The second-order valence-electron chi connectivity index (χ2n) is 8.23. The molecular formula is C22H24ClN5O4S. The summed E-state index contributed by atoms with van der Waals surface area (Å²) in [5, 5.41) is 9.27. The van der Waals surface area contributed by atoms with Crippen molar-refractivity contribution in [2.75, 3.05) is 11.9 Å². The molecule has 2 amide bonds. The summed E-state index contributed by atoms with van der Waals surface area (Å²) in [6, 6.07) is 12.7. The minimum Gasteiger partial charge on any atom is -0.343 e. The number of amides is 2. The first kappa shape index (κ1) is 24.4. The molecular weight excluding hydrogens is 466 g/mol. The number of nitrogens with one attached hydrogen (secondary N) is 3. The summed E-state index contributed by atoms with van der Waals surface area (Å²) in [6.45, 7) is 4.78. The molecule has 1 aromatic heterocycles. The van der Waals surface area contributed by atoms with Gasteiger partial charge in [-0.05, 0) is 69.3 Å². The van der Waals surface area contributed by atoms with Gasteiger partial charge in [0.1, 0.15) is 4.90 Å². The van der Waals surface area contributed by atoms with E-state index in [1.165, 1.54) is 18.2 Å². The summed E-state index contributed by atoms with van der Waals surface area (Å²) >= 11 is 6.06. The van der Waals surface area contributed by atoms with Crippen molar-refractivity contribution in [1.82, 2.24) is 19.8 Å². The van der Waals surface area contributed by atoms with Crippen LogP contribution in [0, 0.1) is 0 Å². The molecule has 3 rings (SSSR count). The van der Waals surface area contributed by atoms with Gasteiger partial charge in [-0.25, -0.2) is 17.8 Å². The van der Waals surface area contributed by atoms with Crippen molar-refractivity contribution in [2.24, 2.45) is 0 Å². The third kappa shape index (κ3) is 6.64. The van der Waals surface area contributed by atoms with E-state index in [-0.39, 0.29) is 22.0 Å². The highest BCUT2D eigenvalue weighted by atomic mass is 35.5. The van der Waals surface area contributed by atoms with Gasteiger partial charge >= 0.3 is 0 Å². The average molecular weight is 490 g/mol. The first-order chi connectivity index (χ1) is 15.4. The van der Waals surface area contributed by atoms with Crippen LogP contribution in [0.25, 0.3) is 5.69 Å². The van der Waals surface area contributed by atoms with Crippen LogP contribution >= 0.6 is 11.6 Å². The Morgan fingerprint density at radius 3 is 2.39 bits per heavy atom. The van der Waals surface area contributed by atoms with E-state index in [2.05, 4.69) is 20.5 Å². The molecule has 3 N–H and O–H groups in total. The van der Waals surface area contributed by atoms with E-state index in [0.29, 0.717) is 5.69 Å². The predicted octanol–water partition coefficient (Wildman–Crippen LogP) is 2.97. The lowest BCUT2D eigenvalue weighted by atomic mass is 10.1. The first-order valence-corrected chi connectivity index (χ1v) is 11.8. The van der Waals surface area contributed by atoms with E-state index in [9.17, 15) is 18.0 Å². The van der Waals surface area contributed by atoms with E-state index in [1.54, 1.807) is 68.2 Å². The number of rotatable bonds is 7. The van der Waals surface area contributed by atoms with Gasteiger partial charge in [0, 0.05) is 29.2 Å². The Morgan fingerprint density at radius 1 is 1.09 bits per heavy atom. The van der Waals surface area contributed by atoms with E-state index >= 15 is 0 Å². The molecule has 2 aromatic carbocycles. The van der Waals surface area contributed by atoms with Crippen molar-refractivity contribution >= 4 is 39.1 Å². The molecule has 0 fully saturated rings. The van der Waals surface area contributed by atoms with Gasteiger partial charge in [-0.3, -0.25) is 9.59 Å². The van der Waals surface area contributed by atoms with Crippen molar-refractivity contribution < 1.29 is 18.0 Å². The van der Waals surface area contributed by atoms with E-state index < -0.39 is 27.4 Å². The number of anilines is 1. The number of halogens is 1. The molecule has 0 spiro atoms. The quantitative estimate of drug-likeness (QED) is 0.471. The minimum atomic E-state index is -3.94. The number of hydrogen-bond donors (Lipinski definition) is 3. The number of hydrogen-bond acceptors (Lipinski definition) is 5. The zero-order valence-electron chi connectivity index (χ0n) is 18.3. The first-order valence-electron chi connectivity index (χ1n) is 9.96. The van der Waals surface area contributed by atoms with E-state index in [4.69, 9.17) is 11.6 Å². The number of sulfonamides is 1. The molecule has 0 atom stereocenters. The van der Waals surface area contributed by atoms with Crippen molar-refractivity contribution in [1.29, 1.82) is 0 Å². The molecule has 33 heavy (non-hydrogen) atoms. The number of nitrogens with zero attached hydrogens (tertiary/aromatic N) is 2. The van der Waals surface area contributed by atoms with Gasteiger partial charge in [-0.15, -0.1) is 0 Å². The fourth-order valence-electron chi connectivity index (χ4n) is 2.90. The van der Waals surface area contributed by atoms with Crippen molar-refractivity contribution in [3.63, 3.8) is 0 Å². The van der Waals surface area contributed by atoms with Crippen molar-refractivity contribution in [3.8, 4) is 5.69 Å². The fraction of sp³-hybridized carbons (Fsp3) is 0.227. The van der Waals surface area contributed by atoms with Gasteiger partial charge in [0.15, 0.2) is 0 Å². The van der Waals surface area contributed by atoms with Gasteiger partial charge in [-0.1, -0.05) is 11.6 Å². The van der Waals surface area contributed by atoms with E-state index in [0.717, 1.165) is 5.69 Å². The normalized spacial score (nSPS) is 11.8. The Labute approximate surface area is 197 Å². The molecule has 174 valence electrons. The topological polar surface area (TPSA) is 122 Å². The summed E-state index contributed by atoms with van der Waals surface area (Å²) in [6.07, 6.45) is 3.47. The summed E-state index contributed by atoms with van der Waals surface area (Å²) in [5.41, 5.74) is 0.721. The molecule has 0 unspecified atom stereocenters. The van der Waals surface area contributed by atoms with Crippen LogP contribution < -0.4 is 15.4 Å². The van der Waals surface area contributed by atoms with Gasteiger partial charge in [0.05, 0.1) is 17.3 Å². The van der Waals surface area contributed by atoms with Gasteiger partial charge in [0.2, 0.25) is 15.9 Å².